The molecule has 0 N–H and O–H groups in total. The van der Waals surface area contributed by atoms with Gasteiger partial charge in [-0.05, 0) is 6.92 Å². The lowest BCUT2D eigenvalue weighted by molar-refractivity contribution is -0.119. The van der Waals surface area contributed by atoms with Gasteiger partial charge >= 0.3 is 0 Å². The van der Waals surface area contributed by atoms with Crippen LogP contribution in [0.4, 0.5) is 0 Å². The van der Waals surface area contributed by atoms with E-state index in [1.807, 2.05) is 17.7 Å². The summed E-state index contributed by atoms with van der Waals surface area (Å²) in [4.78, 5) is 15.8. The van der Waals surface area contributed by atoms with Gasteiger partial charge in [0.05, 0.1) is 26.2 Å². The first-order valence-electron chi connectivity index (χ1n) is 5.86. The summed E-state index contributed by atoms with van der Waals surface area (Å²) in [5, 5.41) is 0. The Balaban J connectivity index is 2.21. The third kappa shape index (κ3) is 5.10. The number of ketones is 1. The highest BCUT2D eigenvalue weighted by molar-refractivity contribution is 5.80. The molecule has 0 bridgehead atoms. The van der Waals surface area contributed by atoms with Crippen molar-refractivity contribution in [2.45, 2.75) is 26.3 Å². The summed E-state index contributed by atoms with van der Waals surface area (Å²) in [6, 6.07) is 0. The molecule has 0 amide bonds. The Kier molecular flexibility index (Phi) is 6.50. The zero-order valence-electron chi connectivity index (χ0n) is 10.5. The largest absolute Gasteiger partial charge is 0.382 e. The number of hydrogen-bond donors (Lipinski definition) is 0. The molecular formula is C12H20N2O3. The van der Waals surface area contributed by atoms with Gasteiger partial charge < -0.3 is 14.0 Å². The number of carbonyl (C=O) groups excluding carboxylic acids is 1. The van der Waals surface area contributed by atoms with Gasteiger partial charge in [-0.3, -0.25) is 4.79 Å². The molecule has 1 heterocycles. The van der Waals surface area contributed by atoms with Crippen molar-refractivity contribution in [2.24, 2.45) is 0 Å². The normalized spacial score (nSPS) is 10.7. The van der Waals surface area contributed by atoms with E-state index in [9.17, 15) is 4.79 Å². The second-order valence-electron chi connectivity index (χ2n) is 3.70. The number of aromatic nitrogens is 2. The van der Waals surface area contributed by atoms with Crippen LogP contribution in [0.25, 0.3) is 0 Å². The second-order valence-corrected chi connectivity index (χ2v) is 3.70. The number of methoxy groups -OCH3 is 1. The number of carbonyl (C=O) groups is 1. The lowest BCUT2D eigenvalue weighted by atomic mass is 10.2. The van der Waals surface area contributed by atoms with Gasteiger partial charge in [-0.15, -0.1) is 0 Å². The van der Waals surface area contributed by atoms with Gasteiger partial charge in [-0.1, -0.05) is 0 Å². The summed E-state index contributed by atoms with van der Waals surface area (Å²) in [5.41, 5.74) is 0. The van der Waals surface area contributed by atoms with Gasteiger partial charge in [0.1, 0.15) is 11.6 Å². The average molecular weight is 240 g/mol. The Morgan fingerprint density at radius 1 is 1.41 bits per heavy atom. The minimum Gasteiger partial charge on any atom is -0.382 e. The van der Waals surface area contributed by atoms with Gasteiger partial charge in [-0.25, -0.2) is 4.98 Å². The van der Waals surface area contributed by atoms with Crippen molar-refractivity contribution in [3.63, 3.8) is 0 Å². The highest BCUT2D eigenvalue weighted by Crippen LogP contribution is 2.01. The predicted octanol–water partition coefficient (Wildman–Crippen LogP) is 1.07. The van der Waals surface area contributed by atoms with Crippen molar-refractivity contribution in [2.75, 3.05) is 26.9 Å². The van der Waals surface area contributed by atoms with Gasteiger partial charge in [0.15, 0.2) is 0 Å². The Morgan fingerprint density at radius 3 is 2.94 bits per heavy atom. The van der Waals surface area contributed by atoms with Crippen LogP contribution in [-0.2, 0) is 27.2 Å². The third-order valence-corrected chi connectivity index (χ3v) is 2.45. The average Bonchev–Trinajstić information content (AvgIpc) is 2.76. The van der Waals surface area contributed by atoms with Crippen LogP contribution < -0.4 is 0 Å². The molecule has 0 fully saturated rings. The van der Waals surface area contributed by atoms with Crippen LogP contribution in [-0.4, -0.2) is 42.3 Å². The standard InChI is InChI=1S/C12H20N2O3/c1-3-14-6-5-13-12(14)10-11(15)4-7-17-9-8-16-2/h5-6H,3-4,7-10H2,1-2H3. The van der Waals surface area contributed by atoms with E-state index in [2.05, 4.69) is 4.98 Å². The van der Waals surface area contributed by atoms with Crippen LogP contribution in [0.15, 0.2) is 12.4 Å². The minimum atomic E-state index is 0.156. The zero-order chi connectivity index (χ0) is 12.5. The molecule has 0 radical (unpaired) electrons. The van der Waals surface area contributed by atoms with Crippen LogP contribution in [0.3, 0.4) is 0 Å². The van der Waals surface area contributed by atoms with Crippen LogP contribution in [0.1, 0.15) is 19.2 Å². The van der Waals surface area contributed by atoms with E-state index >= 15 is 0 Å². The summed E-state index contributed by atoms with van der Waals surface area (Å²) >= 11 is 0. The molecule has 0 aromatic carbocycles. The number of Topliss-reactive ketones (excluding diaryl/α,β-unsaturated/α-hetero) is 1. The quantitative estimate of drug-likeness (QED) is 0.606. The van der Waals surface area contributed by atoms with Crippen LogP contribution in [0.5, 0.6) is 0 Å². The predicted molar refractivity (Wildman–Crippen MR) is 63.9 cm³/mol. The highest BCUT2D eigenvalue weighted by atomic mass is 16.5. The van der Waals surface area contributed by atoms with E-state index in [0.29, 0.717) is 32.7 Å². The van der Waals surface area contributed by atoms with Gasteiger partial charge in [0.2, 0.25) is 0 Å². The van der Waals surface area contributed by atoms with Crippen molar-refractivity contribution in [1.82, 2.24) is 9.55 Å². The molecule has 1 rings (SSSR count). The van der Waals surface area contributed by atoms with E-state index in [0.717, 1.165) is 12.4 Å². The van der Waals surface area contributed by atoms with E-state index < -0.39 is 0 Å². The summed E-state index contributed by atoms with van der Waals surface area (Å²) in [6.07, 6.45) is 4.42. The Labute approximate surface area is 102 Å². The number of imidazole rings is 1. The SMILES string of the molecule is CCn1ccnc1CC(=O)CCOCCOC. The molecule has 1 aromatic heterocycles. The molecule has 0 aliphatic carbocycles. The first-order chi connectivity index (χ1) is 8.27. The molecule has 5 nitrogen and oxygen atoms in total. The van der Waals surface area contributed by atoms with Gasteiger partial charge in [0.25, 0.3) is 0 Å². The van der Waals surface area contributed by atoms with Crippen molar-refractivity contribution in [3.8, 4) is 0 Å². The van der Waals surface area contributed by atoms with Crippen molar-refractivity contribution in [3.05, 3.63) is 18.2 Å². The topological polar surface area (TPSA) is 53.4 Å². The van der Waals surface area contributed by atoms with Crippen molar-refractivity contribution < 1.29 is 14.3 Å². The fourth-order valence-electron chi connectivity index (χ4n) is 1.49. The van der Waals surface area contributed by atoms with E-state index in [-0.39, 0.29) is 5.78 Å². The fraction of sp³-hybridized carbons (Fsp3) is 0.667. The maximum absolute atomic E-state index is 11.6. The number of aryl methyl sites for hydroxylation is 1. The molecule has 0 aliphatic heterocycles. The summed E-state index contributed by atoms with van der Waals surface area (Å²) in [6.45, 7) is 4.42. The molecule has 5 heteroatoms. The highest BCUT2D eigenvalue weighted by Gasteiger charge is 2.08. The first kappa shape index (κ1) is 13.9. The van der Waals surface area contributed by atoms with E-state index in [4.69, 9.17) is 9.47 Å². The lowest BCUT2D eigenvalue weighted by Crippen LogP contribution is -2.12. The Hall–Kier alpha value is -1.20. The first-order valence-corrected chi connectivity index (χ1v) is 5.86. The second kappa shape index (κ2) is 7.97. The number of rotatable bonds is 9. The smallest absolute Gasteiger partial charge is 0.142 e. The summed E-state index contributed by atoms with van der Waals surface area (Å²) < 4.78 is 12.1. The molecular weight excluding hydrogens is 220 g/mol. The van der Waals surface area contributed by atoms with Crippen molar-refractivity contribution >= 4 is 5.78 Å². The number of hydrogen-bond acceptors (Lipinski definition) is 4. The fourth-order valence-corrected chi connectivity index (χ4v) is 1.49. The molecule has 0 saturated heterocycles. The van der Waals surface area contributed by atoms with E-state index in [1.165, 1.54) is 0 Å². The molecule has 0 aliphatic rings. The third-order valence-electron chi connectivity index (χ3n) is 2.45. The van der Waals surface area contributed by atoms with Gasteiger partial charge in [-0.2, -0.15) is 0 Å². The van der Waals surface area contributed by atoms with Gasteiger partial charge in [0, 0.05) is 32.5 Å². The monoisotopic (exact) mass is 240 g/mol. The van der Waals surface area contributed by atoms with Crippen LogP contribution >= 0.6 is 0 Å². The van der Waals surface area contributed by atoms with Crippen molar-refractivity contribution in [1.29, 1.82) is 0 Å². The maximum atomic E-state index is 11.6. The van der Waals surface area contributed by atoms with E-state index in [1.54, 1.807) is 13.3 Å². The van der Waals surface area contributed by atoms with Crippen LogP contribution in [0.2, 0.25) is 0 Å². The molecule has 0 saturated carbocycles. The maximum Gasteiger partial charge on any atom is 0.142 e. The molecule has 0 spiro atoms. The Bertz CT molecular complexity index is 336. The summed E-state index contributed by atoms with van der Waals surface area (Å²) in [7, 11) is 1.62. The number of nitrogens with zero attached hydrogens (tertiary/aromatic N) is 2. The number of ether oxygens (including phenoxy) is 2. The molecule has 1 aromatic rings. The lowest BCUT2D eigenvalue weighted by Gasteiger charge is -2.05. The molecule has 17 heavy (non-hydrogen) atoms. The Morgan fingerprint density at radius 2 is 2.24 bits per heavy atom. The molecule has 0 atom stereocenters. The summed E-state index contributed by atoms with van der Waals surface area (Å²) in [5.74, 6) is 0.984. The molecule has 0 unspecified atom stereocenters. The minimum absolute atomic E-state index is 0.156. The zero-order valence-corrected chi connectivity index (χ0v) is 10.5. The molecule has 96 valence electrons. The van der Waals surface area contributed by atoms with Crippen LogP contribution in [0, 0.1) is 0 Å².